The van der Waals surface area contributed by atoms with Crippen LogP contribution in [0.1, 0.15) is 39.5 Å². The standard InChI is InChI=1S/C15H24O5/c1-6-15(20-13(16)10(2)3)8-7-12(18-4)11(9-15)14(17)19-5/h11-12H,2,6-9H2,1,3-5H3. The number of esters is 2. The van der Waals surface area contributed by atoms with Crippen LogP contribution in [-0.2, 0) is 23.8 Å². The fraction of sp³-hybridized carbons (Fsp3) is 0.733. The molecule has 0 N–H and O–H groups in total. The molecule has 1 fully saturated rings. The summed E-state index contributed by atoms with van der Waals surface area (Å²) in [6.45, 7) is 7.16. The van der Waals surface area contributed by atoms with Gasteiger partial charge in [0.25, 0.3) is 0 Å². The van der Waals surface area contributed by atoms with Crippen LogP contribution in [0.5, 0.6) is 0 Å². The average molecular weight is 284 g/mol. The maximum absolute atomic E-state index is 11.9. The highest BCUT2D eigenvalue weighted by atomic mass is 16.6. The molecular formula is C15H24O5. The molecule has 0 amide bonds. The van der Waals surface area contributed by atoms with Crippen LogP contribution >= 0.6 is 0 Å². The summed E-state index contributed by atoms with van der Waals surface area (Å²) in [6, 6.07) is 0. The molecular weight excluding hydrogens is 260 g/mol. The molecule has 0 spiro atoms. The minimum atomic E-state index is -0.635. The zero-order valence-electron chi connectivity index (χ0n) is 12.7. The van der Waals surface area contributed by atoms with Crippen LogP contribution in [0.25, 0.3) is 0 Å². The first-order valence-electron chi connectivity index (χ1n) is 6.88. The van der Waals surface area contributed by atoms with Gasteiger partial charge in [0.05, 0.1) is 19.1 Å². The van der Waals surface area contributed by atoms with Crippen molar-refractivity contribution < 1.29 is 23.8 Å². The van der Waals surface area contributed by atoms with Crippen molar-refractivity contribution in [3.63, 3.8) is 0 Å². The summed E-state index contributed by atoms with van der Waals surface area (Å²) in [5.41, 5.74) is -0.273. The number of carbonyl (C=O) groups excluding carboxylic acids is 2. The molecule has 0 aromatic heterocycles. The Labute approximate surface area is 120 Å². The molecule has 3 unspecified atom stereocenters. The van der Waals surface area contributed by atoms with E-state index in [9.17, 15) is 9.59 Å². The van der Waals surface area contributed by atoms with Gasteiger partial charge in [0.1, 0.15) is 5.60 Å². The largest absolute Gasteiger partial charge is 0.469 e. The van der Waals surface area contributed by atoms with Crippen LogP contribution < -0.4 is 0 Å². The molecule has 0 bridgehead atoms. The molecule has 1 rings (SSSR count). The fourth-order valence-corrected chi connectivity index (χ4v) is 2.68. The Bertz CT molecular complexity index is 390. The number of hydrogen-bond donors (Lipinski definition) is 0. The Kier molecular flexibility index (Phi) is 5.74. The molecule has 0 radical (unpaired) electrons. The number of methoxy groups -OCH3 is 2. The number of ether oxygens (including phenoxy) is 3. The zero-order valence-corrected chi connectivity index (χ0v) is 12.7. The summed E-state index contributed by atoms with van der Waals surface area (Å²) < 4.78 is 15.8. The van der Waals surface area contributed by atoms with E-state index in [0.29, 0.717) is 31.3 Å². The molecule has 5 nitrogen and oxygen atoms in total. The maximum atomic E-state index is 11.9. The van der Waals surface area contributed by atoms with E-state index in [-0.39, 0.29) is 12.1 Å². The lowest BCUT2D eigenvalue weighted by Gasteiger charge is -2.42. The van der Waals surface area contributed by atoms with E-state index >= 15 is 0 Å². The monoisotopic (exact) mass is 284 g/mol. The van der Waals surface area contributed by atoms with E-state index in [0.717, 1.165) is 0 Å². The highest BCUT2D eigenvalue weighted by Gasteiger charge is 2.46. The Morgan fingerprint density at radius 3 is 2.45 bits per heavy atom. The van der Waals surface area contributed by atoms with Gasteiger partial charge in [-0.15, -0.1) is 0 Å². The first kappa shape index (κ1) is 16.7. The van der Waals surface area contributed by atoms with Crippen LogP contribution in [0.2, 0.25) is 0 Å². The quantitative estimate of drug-likeness (QED) is 0.572. The molecule has 0 saturated heterocycles. The molecule has 0 aromatic rings. The number of hydrogen-bond acceptors (Lipinski definition) is 5. The molecule has 114 valence electrons. The maximum Gasteiger partial charge on any atom is 0.333 e. The molecule has 1 aliphatic carbocycles. The van der Waals surface area contributed by atoms with E-state index in [1.54, 1.807) is 14.0 Å². The second-order valence-corrected chi connectivity index (χ2v) is 5.35. The second-order valence-electron chi connectivity index (χ2n) is 5.35. The predicted molar refractivity (Wildman–Crippen MR) is 74.1 cm³/mol. The van der Waals surface area contributed by atoms with Gasteiger partial charge in [-0.05, 0) is 26.2 Å². The van der Waals surface area contributed by atoms with Crippen molar-refractivity contribution in [1.29, 1.82) is 0 Å². The van der Waals surface area contributed by atoms with Gasteiger partial charge in [0, 0.05) is 19.1 Å². The molecule has 1 saturated carbocycles. The SMILES string of the molecule is C=C(C)C(=O)OC1(CC)CCC(OC)C(C(=O)OC)C1. The van der Waals surface area contributed by atoms with Crippen LogP contribution in [0.15, 0.2) is 12.2 Å². The minimum Gasteiger partial charge on any atom is -0.469 e. The lowest BCUT2D eigenvalue weighted by Crippen LogP contribution is -2.47. The number of carbonyl (C=O) groups is 2. The van der Waals surface area contributed by atoms with Crippen molar-refractivity contribution in [3.8, 4) is 0 Å². The van der Waals surface area contributed by atoms with E-state index in [4.69, 9.17) is 14.2 Å². The molecule has 0 aliphatic heterocycles. The van der Waals surface area contributed by atoms with Gasteiger partial charge in [-0.2, -0.15) is 0 Å². The second kappa shape index (κ2) is 6.88. The predicted octanol–water partition coefficient (Wildman–Crippen LogP) is 2.24. The Morgan fingerprint density at radius 2 is 2.00 bits per heavy atom. The molecule has 3 atom stereocenters. The summed E-state index contributed by atoms with van der Waals surface area (Å²) >= 11 is 0. The van der Waals surface area contributed by atoms with Gasteiger partial charge in [-0.25, -0.2) is 4.79 Å². The first-order chi connectivity index (χ1) is 9.39. The summed E-state index contributed by atoms with van der Waals surface area (Å²) in [6.07, 6.45) is 2.22. The van der Waals surface area contributed by atoms with E-state index in [1.165, 1.54) is 7.11 Å². The third-order valence-corrected chi connectivity index (χ3v) is 4.03. The van der Waals surface area contributed by atoms with E-state index < -0.39 is 17.5 Å². The van der Waals surface area contributed by atoms with Crippen molar-refractivity contribution in [1.82, 2.24) is 0 Å². The highest BCUT2D eigenvalue weighted by molar-refractivity contribution is 5.87. The summed E-state index contributed by atoms with van der Waals surface area (Å²) in [4.78, 5) is 23.7. The van der Waals surface area contributed by atoms with Gasteiger partial charge in [-0.1, -0.05) is 13.5 Å². The molecule has 0 aromatic carbocycles. The summed E-state index contributed by atoms with van der Waals surface area (Å²) in [7, 11) is 2.94. The Balaban J connectivity index is 2.91. The lowest BCUT2D eigenvalue weighted by atomic mass is 9.74. The normalized spacial score (nSPS) is 29.6. The lowest BCUT2D eigenvalue weighted by molar-refractivity contribution is -0.175. The Hall–Kier alpha value is -1.36. The van der Waals surface area contributed by atoms with Crippen LogP contribution in [0, 0.1) is 5.92 Å². The van der Waals surface area contributed by atoms with Crippen molar-refractivity contribution in [2.45, 2.75) is 51.2 Å². The van der Waals surface area contributed by atoms with Crippen molar-refractivity contribution in [2.75, 3.05) is 14.2 Å². The molecule has 1 aliphatic rings. The smallest absolute Gasteiger partial charge is 0.333 e. The third-order valence-electron chi connectivity index (χ3n) is 4.03. The topological polar surface area (TPSA) is 61.8 Å². The first-order valence-corrected chi connectivity index (χ1v) is 6.88. The number of rotatable bonds is 5. The Morgan fingerprint density at radius 1 is 1.35 bits per heavy atom. The van der Waals surface area contributed by atoms with Gasteiger partial charge in [0.2, 0.25) is 0 Å². The third kappa shape index (κ3) is 3.60. The summed E-state index contributed by atoms with van der Waals surface area (Å²) in [5, 5.41) is 0. The fourth-order valence-electron chi connectivity index (χ4n) is 2.68. The van der Waals surface area contributed by atoms with E-state index in [2.05, 4.69) is 6.58 Å². The van der Waals surface area contributed by atoms with Gasteiger partial charge in [-0.3, -0.25) is 4.79 Å². The molecule has 20 heavy (non-hydrogen) atoms. The molecule has 0 heterocycles. The van der Waals surface area contributed by atoms with Crippen LogP contribution in [0.3, 0.4) is 0 Å². The van der Waals surface area contributed by atoms with E-state index in [1.807, 2.05) is 6.92 Å². The van der Waals surface area contributed by atoms with Gasteiger partial charge in [0.15, 0.2) is 0 Å². The van der Waals surface area contributed by atoms with Gasteiger partial charge < -0.3 is 14.2 Å². The zero-order chi connectivity index (χ0) is 15.3. The van der Waals surface area contributed by atoms with Crippen molar-refractivity contribution >= 4 is 11.9 Å². The van der Waals surface area contributed by atoms with Crippen molar-refractivity contribution in [3.05, 3.63) is 12.2 Å². The molecule has 5 heteroatoms. The summed E-state index contributed by atoms with van der Waals surface area (Å²) in [5.74, 6) is -1.14. The van der Waals surface area contributed by atoms with Gasteiger partial charge >= 0.3 is 11.9 Å². The van der Waals surface area contributed by atoms with Crippen LogP contribution in [0.4, 0.5) is 0 Å². The van der Waals surface area contributed by atoms with Crippen LogP contribution in [-0.4, -0.2) is 37.9 Å². The minimum absolute atomic E-state index is 0.189. The highest BCUT2D eigenvalue weighted by Crippen LogP contribution is 2.40. The van der Waals surface area contributed by atoms with Crippen molar-refractivity contribution in [2.24, 2.45) is 5.92 Å². The average Bonchev–Trinajstić information content (AvgIpc) is 2.46.